The van der Waals surface area contributed by atoms with Gasteiger partial charge in [0, 0.05) is 15.1 Å². The molecule has 0 saturated heterocycles. The normalized spacial score (nSPS) is 22.6. The summed E-state index contributed by atoms with van der Waals surface area (Å²) >= 11 is 14.0. The molecule has 1 aromatic rings. The molecular formula is C14H16Cl2INO2. The minimum atomic E-state index is -0.172. The summed E-state index contributed by atoms with van der Waals surface area (Å²) < 4.78 is 0.713. The van der Waals surface area contributed by atoms with Gasteiger partial charge in [-0.15, -0.1) is 0 Å². The number of aliphatic hydroxyl groups is 1. The first-order valence-corrected chi connectivity index (χ1v) is 8.41. The second kappa shape index (κ2) is 7.29. The monoisotopic (exact) mass is 427 g/mol. The van der Waals surface area contributed by atoms with Gasteiger partial charge in [-0.2, -0.15) is 0 Å². The number of amides is 1. The van der Waals surface area contributed by atoms with Crippen LogP contribution >= 0.6 is 45.8 Å². The molecule has 1 aromatic carbocycles. The Morgan fingerprint density at radius 1 is 1.30 bits per heavy atom. The van der Waals surface area contributed by atoms with Crippen LogP contribution in [0.5, 0.6) is 0 Å². The molecule has 2 rings (SSSR count). The van der Waals surface area contributed by atoms with Crippen LogP contribution in [0.4, 0.5) is 0 Å². The molecule has 0 heterocycles. The molecule has 0 aromatic heterocycles. The van der Waals surface area contributed by atoms with Gasteiger partial charge >= 0.3 is 0 Å². The molecule has 0 radical (unpaired) electrons. The Kier molecular flexibility index (Phi) is 5.95. The number of hydrogen-bond donors (Lipinski definition) is 2. The van der Waals surface area contributed by atoms with E-state index in [1.54, 1.807) is 12.1 Å². The minimum Gasteiger partial charge on any atom is -0.393 e. The zero-order chi connectivity index (χ0) is 14.7. The maximum Gasteiger partial charge on any atom is 0.252 e. The third kappa shape index (κ3) is 4.23. The summed E-state index contributed by atoms with van der Waals surface area (Å²) in [6, 6.07) is 3.26. The van der Waals surface area contributed by atoms with E-state index < -0.39 is 0 Å². The average molecular weight is 428 g/mol. The van der Waals surface area contributed by atoms with Crippen molar-refractivity contribution in [2.45, 2.75) is 31.8 Å². The molecule has 0 aliphatic heterocycles. The molecule has 2 N–H and O–H groups in total. The summed E-state index contributed by atoms with van der Waals surface area (Å²) in [4.78, 5) is 12.2. The lowest BCUT2D eigenvalue weighted by Gasteiger charge is -2.25. The maximum atomic E-state index is 12.2. The summed E-state index contributed by atoms with van der Waals surface area (Å²) in [5, 5.41) is 13.3. The number of aliphatic hydroxyl groups excluding tert-OH is 1. The van der Waals surface area contributed by atoms with E-state index in [4.69, 9.17) is 23.2 Å². The summed E-state index contributed by atoms with van der Waals surface area (Å²) in [5.41, 5.74) is 0.513. The van der Waals surface area contributed by atoms with Crippen molar-refractivity contribution in [3.8, 4) is 0 Å². The van der Waals surface area contributed by atoms with Crippen molar-refractivity contribution in [3.05, 3.63) is 31.3 Å². The zero-order valence-corrected chi connectivity index (χ0v) is 14.5. The summed E-state index contributed by atoms with van der Waals surface area (Å²) in [7, 11) is 0. The number of carbonyl (C=O) groups excluding carboxylic acids is 1. The molecule has 0 unspecified atom stereocenters. The molecule has 1 aliphatic carbocycles. The van der Waals surface area contributed by atoms with Crippen LogP contribution in [0.3, 0.4) is 0 Å². The van der Waals surface area contributed by atoms with E-state index in [2.05, 4.69) is 5.32 Å². The number of rotatable bonds is 3. The predicted molar refractivity (Wildman–Crippen MR) is 89.5 cm³/mol. The molecule has 1 fully saturated rings. The van der Waals surface area contributed by atoms with Crippen molar-refractivity contribution in [2.24, 2.45) is 5.92 Å². The molecule has 20 heavy (non-hydrogen) atoms. The largest absolute Gasteiger partial charge is 0.393 e. The summed E-state index contributed by atoms with van der Waals surface area (Å²) in [6.45, 7) is 0.631. The molecule has 3 nitrogen and oxygen atoms in total. The van der Waals surface area contributed by atoms with E-state index in [0.717, 1.165) is 25.7 Å². The van der Waals surface area contributed by atoms with Gasteiger partial charge in [-0.1, -0.05) is 23.2 Å². The van der Waals surface area contributed by atoms with Crippen molar-refractivity contribution >= 4 is 51.7 Å². The number of nitrogens with one attached hydrogen (secondary N) is 1. The number of carbonyl (C=O) groups is 1. The smallest absolute Gasteiger partial charge is 0.252 e. The van der Waals surface area contributed by atoms with Crippen molar-refractivity contribution < 1.29 is 9.90 Å². The first kappa shape index (κ1) is 16.3. The summed E-state index contributed by atoms with van der Waals surface area (Å²) in [5.74, 6) is 0.291. The van der Waals surface area contributed by atoms with E-state index in [9.17, 15) is 9.90 Å². The lowest BCUT2D eigenvalue weighted by molar-refractivity contribution is 0.0909. The molecule has 0 spiro atoms. The molecule has 0 atom stereocenters. The Labute approximate surface area is 142 Å². The van der Waals surface area contributed by atoms with Crippen LogP contribution in [0.2, 0.25) is 10.0 Å². The number of halogens is 3. The van der Waals surface area contributed by atoms with Gasteiger partial charge in [0.15, 0.2) is 0 Å². The number of benzene rings is 1. The topological polar surface area (TPSA) is 49.3 Å². The van der Waals surface area contributed by atoms with Gasteiger partial charge in [-0.3, -0.25) is 4.79 Å². The van der Waals surface area contributed by atoms with Gasteiger partial charge in [0.1, 0.15) is 0 Å². The van der Waals surface area contributed by atoms with Gasteiger partial charge in [-0.25, -0.2) is 0 Å². The van der Waals surface area contributed by atoms with E-state index >= 15 is 0 Å². The fourth-order valence-electron chi connectivity index (χ4n) is 2.40. The second-order valence-electron chi connectivity index (χ2n) is 5.13. The minimum absolute atomic E-state index is 0.148. The van der Waals surface area contributed by atoms with Crippen LogP contribution in [-0.4, -0.2) is 23.7 Å². The van der Waals surface area contributed by atoms with Crippen molar-refractivity contribution in [1.82, 2.24) is 5.32 Å². The van der Waals surface area contributed by atoms with E-state index in [1.165, 1.54) is 0 Å². The van der Waals surface area contributed by atoms with Gasteiger partial charge in [0.05, 0.1) is 16.7 Å². The SMILES string of the molecule is O=C(NCC1CCC(O)CC1)c1cc(Cl)cc(Cl)c1I. The van der Waals surface area contributed by atoms with E-state index in [0.29, 0.717) is 31.6 Å². The highest BCUT2D eigenvalue weighted by atomic mass is 127. The Balaban J connectivity index is 1.95. The molecule has 110 valence electrons. The van der Waals surface area contributed by atoms with Crippen molar-refractivity contribution in [3.63, 3.8) is 0 Å². The fourth-order valence-corrected chi connectivity index (χ4v) is 3.45. The number of hydrogen-bond acceptors (Lipinski definition) is 2. The Morgan fingerprint density at radius 3 is 2.60 bits per heavy atom. The van der Waals surface area contributed by atoms with Crippen LogP contribution in [0.1, 0.15) is 36.0 Å². The van der Waals surface area contributed by atoms with Gasteiger partial charge in [0.25, 0.3) is 5.91 Å². The maximum absolute atomic E-state index is 12.2. The van der Waals surface area contributed by atoms with Crippen LogP contribution < -0.4 is 5.32 Å². The van der Waals surface area contributed by atoms with Crippen LogP contribution in [0, 0.1) is 9.49 Å². The Morgan fingerprint density at radius 2 is 1.95 bits per heavy atom. The van der Waals surface area contributed by atoms with E-state index in [-0.39, 0.29) is 12.0 Å². The molecule has 1 saturated carbocycles. The highest BCUT2D eigenvalue weighted by molar-refractivity contribution is 14.1. The highest BCUT2D eigenvalue weighted by Gasteiger charge is 2.21. The quantitative estimate of drug-likeness (QED) is 0.568. The third-order valence-electron chi connectivity index (χ3n) is 3.61. The van der Waals surface area contributed by atoms with Gasteiger partial charge in [0.2, 0.25) is 0 Å². The Hall–Kier alpha value is -0.0400. The summed E-state index contributed by atoms with van der Waals surface area (Å²) in [6.07, 6.45) is 3.38. The first-order chi connectivity index (χ1) is 9.47. The van der Waals surface area contributed by atoms with Gasteiger partial charge < -0.3 is 10.4 Å². The zero-order valence-electron chi connectivity index (χ0n) is 10.8. The van der Waals surface area contributed by atoms with Crippen LogP contribution in [0.25, 0.3) is 0 Å². The molecule has 0 bridgehead atoms. The molecular weight excluding hydrogens is 412 g/mol. The van der Waals surface area contributed by atoms with Crippen LogP contribution in [-0.2, 0) is 0 Å². The second-order valence-corrected chi connectivity index (χ2v) is 7.06. The van der Waals surface area contributed by atoms with Crippen LogP contribution in [0.15, 0.2) is 12.1 Å². The lowest BCUT2D eigenvalue weighted by Crippen LogP contribution is -2.32. The first-order valence-electron chi connectivity index (χ1n) is 6.58. The fraction of sp³-hybridized carbons (Fsp3) is 0.500. The molecule has 6 heteroatoms. The highest BCUT2D eigenvalue weighted by Crippen LogP contribution is 2.27. The van der Waals surface area contributed by atoms with Crippen molar-refractivity contribution in [2.75, 3.05) is 6.54 Å². The lowest BCUT2D eigenvalue weighted by atomic mass is 9.87. The Bertz CT molecular complexity index is 502. The van der Waals surface area contributed by atoms with Gasteiger partial charge in [-0.05, 0) is 66.3 Å². The molecule has 1 amide bonds. The molecule has 1 aliphatic rings. The van der Waals surface area contributed by atoms with Crippen molar-refractivity contribution in [1.29, 1.82) is 0 Å². The predicted octanol–water partition coefficient (Wildman–Crippen LogP) is 3.88. The van der Waals surface area contributed by atoms with E-state index in [1.807, 2.05) is 22.6 Å². The third-order valence-corrected chi connectivity index (χ3v) is 5.60. The average Bonchev–Trinajstić information content (AvgIpc) is 2.42. The standard InChI is InChI=1S/C14H16Cl2INO2/c15-9-5-11(13(17)12(16)6-9)14(20)18-7-8-1-3-10(19)4-2-8/h5-6,8,10,19H,1-4,7H2,(H,18,20).